The Labute approximate surface area is 127 Å². The Balaban J connectivity index is 1.85. The van der Waals surface area contributed by atoms with Crippen LogP contribution in [0.4, 0.5) is 5.82 Å². The molecule has 3 rings (SSSR count). The SMILES string of the molecule is CCC1CCCN(Cc2cc3ccccc3nc2NC)C1. The first-order valence-corrected chi connectivity index (χ1v) is 8.09. The predicted molar refractivity (Wildman–Crippen MR) is 89.6 cm³/mol. The molecule has 21 heavy (non-hydrogen) atoms. The zero-order chi connectivity index (χ0) is 14.7. The second-order valence-electron chi connectivity index (χ2n) is 6.09. The number of hydrogen-bond acceptors (Lipinski definition) is 3. The Bertz CT molecular complexity index is 608. The van der Waals surface area contributed by atoms with E-state index in [-0.39, 0.29) is 0 Å². The van der Waals surface area contributed by atoms with E-state index in [1.165, 1.54) is 43.3 Å². The number of para-hydroxylation sites is 1. The van der Waals surface area contributed by atoms with Crippen molar-refractivity contribution in [3.8, 4) is 0 Å². The van der Waals surface area contributed by atoms with Crippen LogP contribution in [0, 0.1) is 5.92 Å². The van der Waals surface area contributed by atoms with E-state index in [0.29, 0.717) is 0 Å². The summed E-state index contributed by atoms with van der Waals surface area (Å²) in [4.78, 5) is 7.35. The second kappa shape index (κ2) is 6.44. The van der Waals surface area contributed by atoms with Gasteiger partial charge in [0.2, 0.25) is 0 Å². The Hall–Kier alpha value is -1.61. The first kappa shape index (κ1) is 14.3. The molecule has 1 aliphatic heterocycles. The molecule has 1 atom stereocenters. The summed E-state index contributed by atoms with van der Waals surface area (Å²) in [6.07, 6.45) is 4.02. The Morgan fingerprint density at radius 1 is 1.33 bits per heavy atom. The fourth-order valence-corrected chi connectivity index (χ4v) is 3.37. The first-order valence-electron chi connectivity index (χ1n) is 8.09. The number of aromatic nitrogens is 1. The summed E-state index contributed by atoms with van der Waals surface area (Å²) >= 11 is 0. The molecule has 0 spiro atoms. The molecule has 2 heterocycles. The molecule has 3 heteroatoms. The van der Waals surface area contributed by atoms with Gasteiger partial charge in [-0.2, -0.15) is 0 Å². The number of fused-ring (bicyclic) bond motifs is 1. The lowest BCUT2D eigenvalue weighted by Gasteiger charge is -2.32. The van der Waals surface area contributed by atoms with Crippen molar-refractivity contribution in [1.82, 2.24) is 9.88 Å². The molecule has 1 N–H and O–H groups in total. The number of hydrogen-bond donors (Lipinski definition) is 1. The van der Waals surface area contributed by atoms with Crippen molar-refractivity contribution < 1.29 is 0 Å². The summed E-state index contributed by atoms with van der Waals surface area (Å²) < 4.78 is 0. The monoisotopic (exact) mass is 283 g/mol. The molecule has 1 aliphatic rings. The standard InChI is InChI=1S/C18H25N3/c1-3-14-7-6-10-21(12-14)13-16-11-15-8-4-5-9-17(15)20-18(16)19-2/h4-5,8-9,11,14H,3,6-7,10,12-13H2,1-2H3,(H,19,20). The smallest absolute Gasteiger partial charge is 0.130 e. The fraction of sp³-hybridized carbons (Fsp3) is 0.500. The number of nitrogens with zero attached hydrogens (tertiary/aromatic N) is 2. The molecule has 1 fully saturated rings. The van der Waals surface area contributed by atoms with Crippen molar-refractivity contribution in [1.29, 1.82) is 0 Å². The molecule has 0 aliphatic carbocycles. The first-order chi connectivity index (χ1) is 10.3. The average molecular weight is 283 g/mol. The molecule has 0 amide bonds. The highest BCUT2D eigenvalue weighted by atomic mass is 15.1. The largest absolute Gasteiger partial charge is 0.373 e. The quantitative estimate of drug-likeness (QED) is 0.922. The van der Waals surface area contributed by atoms with Crippen LogP contribution in [0.5, 0.6) is 0 Å². The van der Waals surface area contributed by atoms with E-state index in [0.717, 1.165) is 23.8 Å². The maximum Gasteiger partial charge on any atom is 0.130 e. The van der Waals surface area contributed by atoms with Crippen molar-refractivity contribution in [2.24, 2.45) is 5.92 Å². The Morgan fingerprint density at radius 3 is 3.00 bits per heavy atom. The van der Waals surface area contributed by atoms with Gasteiger partial charge in [-0.3, -0.25) is 4.90 Å². The van der Waals surface area contributed by atoms with Gasteiger partial charge in [0, 0.05) is 31.1 Å². The number of likely N-dealkylation sites (tertiary alicyclic amines) is 1. The summed E-state index contributed by atoms with van der Waals surface area (Å²) in [5, 5.41) is 4.50. The third-order valence-electron chi connectivity index (χ3n) is 4.61. The number of anilines is 1. The minimum absolute atomic E-state index is 0.866. The van der Waals surface area contributed by atoms with Gasteiger partial charge >= 0.3 is 0 Å². The highest BCUT2D eigenvalue weighted by Gasteiger charge is 2.19. The van der Waals surface area contributed by atoms with Gasteiger partial charge in [-0.1, -0.05) is 31.5 Å². The molecule has 3 nitrogen and oxygen atoms in total. The van der Waals surface area contributed by atoms with Gasteiger partial charge < -0.3 is 5.32 Å². The third kappa shape index (κ3) is 3.18. The number of benzene rings is 1. The van der Waals surface area contributed by atoms with E-state index in [4.69, 9.17) is 4.98 Å². The van der Waals surface area contributed by atoms with Gasteiger partial charge in [0.15, 0.2) is 0 Å². The normalized spacial score (nSPS) is 19.8. The molecule has 1 saturated heterocycles. The maximum atomic E-state index is 4.76. The van der Waals surface area contributed by atoms with Crippen LogP contribution in [0.2, 0.25) is 0 Å². The zero-order valence-corrected chi connectivity index (χ0v) is 13.1. The summed E-state index contributed by atoms with van der Waals surface area (Å²) in [5.74, 6) is 1.89. The van der Waals surface area contributed by atoms with Crippen molar-refractivity contribution in [3.05, 3.63) is 35.9 Å². The van der Waals surface area contributed by atoms with Crippen LogP contribution in [0.15, 0.2) is 30.3 Å². The molecule has 112 valence electrons. The summed E-state index contributed by atoms with van der Waals surface area (Å²) in [5.41, 5.74) is 2.38. The van der Waals surface area contributed by atoms with Crippen LogP contribution in [0.1, 0.15) is 31.7 Å². The molecular formula is C18H25N3. The van der Waals surface area contributed by atoms with Crippen molar-refractivity contribution in [2.45, 2.75) is 32.7 Å². The van der Waals surface area contributed by atoms with Crippen LogP contribution in [0.25, 0.3) is 10.9 Å². The molecular weight excluding hydrogens is 258 g/mol. The number of nitrogens with one attached hydrogen (secondary N) is 1. The fourth-order valence-electron chi connectivity index (χ4n) is 3.37. The summed E-state index contributed by atoms with van der Waals surface area (Å²) in [6.45, 7) is 5.76. The number of piperidine rings is 1. The maximum absolute atomic E-state index is 4.76. The van der Waals surface area contributed by atoms with Gasteiger partial charge in [-0.05, 0) is 37.4 Å². The van der Waals surface area contributed by atoms with E-state index in [2.05, 4.69) is 41.4 Å². The minimum atomic E-state index is 0.866. The van der Waals surface area contributed by atoms with E-state index in [9.17, 15) is 0 Å². The highest BCUT2D eigenvalue weighted by molar-refractivity contribution is 5.81. The zero-order valence-electron chi connectivity index (χ0n) is 13.1. The van der Waals surface area contributed by atoms with Gasteiger partial charge in [0.05, 0.1) is 5.52 Å². The lowest BCUT2D eigenvalue weighted by Crippen LogP contribution is -2.34. The van der Waals surface area contributed by atoms with Crippen molar-refractivity contribution >= 4 is 16.7 Å². The average Bonchev–Trinajstić information content (AvgIpc) is 2.54. The van der Waals surface area contributed by atoms with Crippen LogP contribution in [-0.2, 0) is 6.54 Å². The van der Waals surface area contributed by atoms with Crippen LogP contribution in [-0.4, -0.2) is 30.0 Å². The van der Waals surface area contributed by atoms with Gasteiger partial charge in [0.25, 0.3) is 0 Å². The second-order valence-corrected chi connectivity index (χ2v) is 6.09. The van der Waals surface area contributed by atoms with E-state index < -0.39 is 0 Å². The van der Waals surface area contributed by atoms with Gasteiger partial charge in [-0.25, -0.2) is 4.98 Å². The predicted octanol–water partition coefficient (Wildman–Crippen LogP) is 3.90. The van der Waals surface area contributed by atoms with Crippen molar-refractivity contribution in [3.63, 3.8) is 0 Å². The van der Waals surface area contributed by atoms with Gasteiger partial charge in [-0.15, -0.1) is 0 Å². The van der Waals surface area contributed by atoms with Crippen LogP contribution in [0.3, 0.4) is 0 Å². The van der Waals surface area contributed by atoms with E-state index >= 15 is 0 Å². The molecule has 1 unspecified atom stereocenters. The lowest BCUT2D eigenvalue weighted by atomic mass is 9.95. The van der Waals surface area contributed by atoms with E-state index in [1.54, 1.807) is 0 Å². The molecule has 2 aromatic rings. The third-order valence-corrected chi connectivity index (χ3v) is 4.61. The molecule has 1 aromatic heterocycles. The summed E-state index contributed by atoms with van der Waals surface area (Å²) in [6, 6.07) is 10.7. The van der Waals surface area contributed by atoms with Crippen molar-refractivity contribution in [2.75, 3.05) is 25.5 Å². The van der Waals surface area contributed by atoms with Crippen LogP contribution >= 0.6 is 0 Å². The summed E-state index contributed by atoms with van der Waals surface area (Å²) in [7, 11) is 1.96. The topological polar surface area (TPSA) is 28.2 Å². The number of rotatable bonds is 4. The van der Waals surface area contributed by atoms with E-state index in [1.807, 2.05) is 13.1 Å². The minimum Gasteiger partial charge on any atom is -0.373 e. The highest BCUT2D eigenvalue weighted by Crippen LogP contribution is 2.25. The molecule has 1 aromatic carbocycles. The Morgan fingerprint density at radius 2 is 2.19 bits per heavy atom. The molecule has 0 saturated carbocycles. The number of pyridine rings is 1. The molecule has 0 bridgehead atoms. The Kier molecular flexibility index (Phi) is 4.39. The molecule has 0 radical (unpaired) electrons. The van der Waals surface area contributed by atoms with Gasteiger partial charge in [0.1, 0.15) is 5.82 Å². The van der Waals surface area contributed by atoms with Crippen LogP contribution < -0.4 is 5.32 Å². The lowest BCUT2D eigenvalue weighted by molar-refractivity contribution is 0.165.